The van der Waals surface area contributed by atoms with Crippen molar-refractivity contribution < 1.29 is 4.79 Å². The van der Waals surface area contributed by atoms with Gasteiger partial charge in [-0.1, -0.05) is 0 Å². The highest BCUT2D eigenvalue weighted by Gasteiger charge is 2.30. The van der Waals surface area contributed by atoms with Crippen molar-refractivity contribution in [3.05, 3.63) is 21.9 Å². The first-order valence-electron chi connectivity index (χ1n) is 7.50. The molecule has 0 saturated carbocycles. The molecule has 6 heteroatoms. The van der Waals surface area contributed by atoms with Gasteiger partial charge in [0.05, 0.1) is 6.42 Å². The van der Waals surface area contributed by atoms with Crippen LogP contribution >= 0.6 is 23.7 Å². The minimum atomic E-state index is 0. The lowest BCUT2D eigenvalue weighted by Crippen LogP contribution is -2.49. The van der Waals surface area contributed by atoms with Gasteiger partial charge in [-0.3, -0.25) is 9.69 Å². The third kappa shape index (κ3) is 4.19. The van der Waals surface area contributed by atoms with Crippen LogP contribution in [0.3, 0.4) is 0 Å². The number of piperazine rings is 1. The molecule has 1 atom stereocenters. The summed E-state index contributed by atoms with van der Waals surface area (Å²) in [5.74, 6) is 0.296. The topological polar surface area (TPSA) is 35.6 Å². The Bertz CT molecular complexity index is 473. The van der Waals surface area contributed by atoms with Gasteiger partial charge in [0.25, 0.3) is 0 Å². The number of carbonyl (C=O) groups excluding carboxylic acids is 1. The smallest absolute Gasteiger partial charge is 0.227 e. The molecule has 118 valence electrons. The monoisotopic (exact) mass is 329 g/mol. The van der Waals surface area contributed by atoms with E-state index >= 15 is 0 Å². The minimum absolute atomic E-state index is 0. The fourth-order valence-corrected chi connectivity index (χ4v) is 4.04. The van der Waals surface area contributed by atoms with Gasteiger partial charge in [-0.15, -0.1) is 23.7 Å². The fraction of sp³-hybridized carbons (Fsp3) is 0.667. The van der Waals surface area contributed by atoms with E-state index < -0.39 is 0 Å². The van der Waals surface area contributed by atoms with Gasteiger partial charge in [-0.25, -0.2) is 0 Å². The van der Waals surface area contributed by atoms with Crippen LogP contribution in [0.5, 0.6) is 0 Å². The molecular weight excluding hydrogens is 306 g/mol. The molecule has 1 unspecified atom stereocenters. The molecular formula is C15H24ClN3OS. The van der Waals surface area contributed by atoms with Crippen LogP contribution in [-0.2, 0) is 11.2 Å². The zero-order chi connectivity index (χ0) is 13.9. The highest BCUT2D eigenvalue weighted by molar-refractivity contribution is 7.12. The summed E-state index contributed by atoms with van der Waals surface area (Å²) in [6.45, 7) is 8.35. The first-order chi connectivity index (χ1) is 9.72. The van der Waals surface area contributed by atoms with Crippen LogP contribution < -0.4 is 5.32 Å². The number of carbonyl (C=O) groups is 1. The van der Waals surface area contributed by atoms with Crippen molar-refractivity contribution in [1.82, 2.24) is 15.1 Å². The predicted octanol–water partition coefficient (Wildman–Crippen LogP) is 1.53. The first kappa shape index (κ1) is 16.7. The number of amides is 1. The molecule has 2 fully saturated rings. The molecule has 1 N–H and O–H groups in total. The third-order valence-corrected chi connectivity index (χ3v) is 5.31. The van der Waals surface area contributed by atoms with Crippen LogP contribution in [0.4, 0.5) is 0 Å². The largest absolute Gasteiger partial charge is 0.341 e. The molecule has 0 bridgehead atoms. The molecule has 0 aromatic carbocycles. The number of nitrogens with one attached hydrogen (secondary N) is 1. The van der Waals surface area contributed by atoms with Crippen molar-refractivity contribution in [3.8, 4) is 0 Å². The van der Waals surface area contributed by atoms with Crippen molar-refractivity contribution in [3.63, 3.8) is 0 Å². The number of aryl methyl sites for hydroxylation is 1. The molecule has 2 aliphatic heterocycles. The van der Waals surface area contributed by atoms with Crippen molar-refractivity contribution in [2.24, 2.45) is 0 Å². The number of rotatable bonds is 3. The molecule has 3 rings (SSSR count). The van der Waals surface area contributed by atoms with Crippen molar-refractivity contribution in [2.45, 2.75) is 25.8 Å². The normalized spacial score (nSPS) is 23.1. The number of thiophene rings is 1. The first-order valence-corrected chi connectivity index (χ1v) is 8.32. The van der Waals surface area contributed by atoms with E-state index in [1.54, 1.807) is 11.3 Å². The molecule has 2 aliphatic rings. The molecule has 1 aromatic rings. The molecule has 0 spiro atoms. The van der Waals surface area contributed by atoms with E-state index in [0.29, 0.717) is 18.4 Å². The molecule has 1 amide bonds. The standard InChI is InChI=1S/C15H23N3OS.ClH/c1-12-2-3-14(20-12)10-15(19)18-7-4-13(11-18)17-8-5-16-6-9-17;/h2-3,13,16H,4-11H2,1H3;1H. The summed E-state index contributed by atoms with van der Waals surface area (Å²) in [6, 6.07) is 4.76. The van der Waals surface area contributed by atoms with E-state index in [9.17, 15) is 4.79 Å². The van der Waals surface area contributed by atoms with E-state index in [-0.39, 0.29) is 12.4 Å². The molecule has 0 aliphatic carbocycles. The second kappa shape index (κ2) is 7.58. The van der Waals surface area contributed by atoms with Crippen LogP contribution in [-0.4, -0.2) is 61.0 Å². The summed E-state index contributed by atoms with van der Waals surface area (Å²) in [4.78, 5) is 19.4. The van der Waals surface area contributed by atoms with Crippen molar-refractivity contribution >= 4 is 29.7 Å². The average Bonchev–Trinajstić information content (AvgIpc) is 3.09. The van der Waals surface area contributed by atoms with Gasteiger partial charge >= 0.3 is 0 Å². The third-order valence-electron chi connectivity index (χ3n) is 4.31. The Morgan fingerprint density at radius 2 is 2.10 bits per heavy atom. The van der Waals surface area contributed by atoms with E-state index in [1.807, 2.05) is 0 Å². The van der Waals surface area contributed by atoms with Gasteiger partial charge in [0, 0.05) is 55.1 Å². The van der Waals surface area contributed by atoms with Crippen molar-refractivity contribution in [1.29, 1.82) is 0 Å². The maximum Gasteiger partial charge on any atom is 0.227 e. The fourth-order valence-electron chi connectivity index (χ4n) is 3.15. The summed E-state index contributed by atoms with van der Waals surface area (Å²) in [5.41, 5.74) is 0. The quantitative estimate of drug-likeness (QED) is 0.913. The van der Waals surface area contributed by atoms with E-state index in [4.69, 9.17) is 0 Å². The molecule has 4 nitrogen and oxygen atoms in total. The molecule has 0 radical (unpaired) electrons. The lowest BCUT2D eigenvalue weighted by atomic mass is 10.2. The predicted molar refractivity (Wildman–Crippen MR) is 89.4 cm³/mol. The Labute approximate surface area is 136 Å². The van der Waals surface area contributed by atoms with Gasteiger partial charge < -0.3 is 10.2 Å². The van der Waals surface area contributed by atoms with E-state index in [2.05, 4.69) is 34.2 Å². The number of hydrogen-bond donors (Lipinski definition) is 1. The molecule has 1 aromatic heterocycles. The van der Waals surface area contributed by atoms with Gasteiger partial charge in [0.2, 0.25) is 5.91 Å². The Balaban J connectivity index is 0.00000161. The second-order valence-corrected chi connectivity index (χ2v) is 7.13. The summed E-state index contributed by atoms with van der Waals surface area (Å²) in [6.07, 6.45) is 1.71. The number of hydrogen-bond acceptors (Lipinski definition) is 4. The van der Waals surface area contributed by atoms with Gasteiger partial charge in [0.1, 0.15) is 0 Å². The lowest BCUT2D eigenvalue weighted by molar-refractivity contribution is -0.129. The Kier molecular flexibility index (Phi) is 6.05. The maximum absolute atomic E-state index is 12.4. The van der Waals surface area contributed by atoms with E-state index in [1.165, 1.54) is 9.75 Å². The molecule has 2 saturated heterocycles. The highest BCUT2D eigenvalue weighted by Crippen LogP contribution is 2.20. The van der Waals surface area contributed by atoms with Gasteiger partial charge in [0.15, 0.2) is 0 Å². The Hall–Kier alpha value is -0.620. The summed E-state index contributed by atoms with van der Waals surface area (Å²) >= 11 is 1.74. The number of nitrogens with zero attached hydrogens (tertiary/aromatic N) is 2. The zero-order valence-electron chi connectivity index (χ0n) is 12.5. The van der Waals surface area contributed by atoms with Crippen LogP contribution in [0.2, 0.25) is 0 Å². The molecule has 3 heterocycles. The number of halogens is 1. The summed E-state index contributed by atoms with van der Waals surface area (Å²) in [5, 5.41) is 3.39. The zero-order valence-corrected chi connectivity index (χ0v) is 14.1. The Morgan fingerprint density at radius 1 is 1.33 bits per heavy atom. The van der Waals surface area contributed by atoms with Gasteiger partial charge in [-0.2, -0.15) is 0 Å². The number of likely N-dealkylation sites (tertiary alicyclic amines) is 1. The SMILES string of the molecule is Cc1ccc(CC(=O)N2CCC(N3CCNCC3)C2)s1.Cl. The minimum Gasteiger partial charge on any atom is -0.341 e. The molecule has 21 heavy (non-hydrogen) atoms. The van der Waals surface area contributed by atoms with Crippen LogP contribution in [0.1, 0.15) is 16.2 Å². The second-order valence-electron chi connectivity index (χ2n) is 5.76. The Morgan fingerprint density at radius 3 is 2.76 bits per heavy atom. The average molecular weight is 330 g/mol. The van der Waals surface area contributed by atoms with Crippen LogP contribution in [0.15, 0.2) is 12.1 Å². The van der Waals surface area contributed by atoms with Crippen LogP contribution in [0, 0.1) is 6.92 Å². The highest BCUT2D eigenvalue weighted by atomic mass is 35.5. The van der Waals surface area contributed by atoms with Crippen molar-refractivity contribution in [2.75, 3.05) is 39.3 Å². The van der Waals surface area contributed by atoms with Gasteiger partial charge in [-0.05, 0) is 25.5 Å². The lowest BCUT2D eigenvalue weighted by Gasteiger charge is -2.32. The van der Waals surface area contributed by atoms with Crippen LogP contribution in [0.25, 0.3) is 0 Å². The summed E-state index contributed by atoms with van der Waals surface area (Å²) in [7, 11) is 0. The maximum atomic E-state index is 12.4. The van der Waals surface area contributed by atoms with E-state index in [0.717, 1.165) is 45.7 Å². The summed E-state index contributed by atoms with van der Waals surface area (Å²) < 4.78 is 0.